The van der Waals surface area contributed by atoms with Crippen molar-refractivity contribution in [1.29, 1.82) is 0 Å². The second-order valence-corrected chi connectivity index (χ2v) is 5.68. The molecule has 1 amide bonds. The smallest absolute Gasteiger partial charge is 0.228 e. The van der Waals surface area contributed by atoms with Crippen LogP contribution in [-0.4, -0.2) is 25.0 Å². The minimum absolute atomic E-state index is 0.0527. The molecule has 1 aliphatic heterocycles. The molecule has 1 aromatic rings. The fraction of sp³-hybridized carbons (Fsp3) is 0.562. The number of rotatable bonds is 4. The lowest BCUT2D eigenvalue weighted by molar-refractivity contribution is -0.124. The molecule has 0 aromatic heterocycles. The van der Waals surface area contributed by atoms with Crippen LogP contribution >= 0.6 is 0 Å². The van der Waals surface area contributed by atoms with Gasteiger partial charge in [0.2, 0.25) is 5.91 Å². The molecule has 0 saturated carbocycles. The third kappa shape index (κ3) is 3.80. The van der Waals surface area contributed by atoms with Crippen molar-refractivity contribution in [3.8, 4) is 0 Å². The Kier molecular flexibility index (Phi) is 4.97. The summed E-state index contributed by atoms with van der Waals surface area (Å²) in [7, 11) is 0. The summed E-state index contributed by atoms with van der Waals surface area (Å²) in [5.74, 6) is 0.414. The van der Waals surface area contributed by atoms with Gasteiger partial charge in [0.15, 0.2) is 0 Å². The molecule has 3 nitrogen and oxygen atoms in total. The molecule has 2 rings (SSSR count). The van der Waals surface area contributed by atoms with Crippen LogP contribution in [0.1, 0.15) is 38.2 Å². The van der Waals surface area contributed by atoms with Crippen LogP contribution in [0.2, 0.25) is 0 Å². The Balaban J connectivity index is 2.04. The third-order valence-electron chi connectivity index (χ3n) is 3.75. The molecule has 0 radical (unpaired) electrons. The standard InChI is InChI=1S/C16H24N2O/c1-12(2)15(13-7-4-3-5-8-13)16(19)18-14-9-6-10-17-11-14/h3-5,7-8,12,14-15,17H,6,9-11H2,1-2H3,(H,18,19). The molecule has 1 aromatic carbocycles. The molecule has 1 aliphatic rings. The fourth-order valence-corrected chi connectivity index (χ4v) is 2.77. The molecule has 0 bridgehead atoms. The largest absolute Gasteiger partial charge is 0.352 e. The molecule has 1 saturated heterocycles. The predicted molar refractivity (Wildman–Crippen MR) is 78.1 cm³/mol. The average molecular weight is 260 g/mol. The van der Waals surface area contributed by atoms with E-state index < -0.39 is 0 Å². The number of carbonyl (C=O) groups is 1. The SMILES string of the molecule is CC(C)C(C(=O)NC1CCCNC1)c1ccccc1. The van der Waals surface area contributed by atoms with Crippen molar-refractivity contribution in [3.63, 3.8) is 0 Å². The molecule has 1 fully saturated rings. The van der Waals surface area contributed by atoms with Crippen molar-refractivity contribution >= 4 is 5.91 Å². The summed E-state index contributed by atoms with van der Waals surface area (Å²) in [6.07, 6.45) is 2.22. The van der Waals surface area contributed by atoms with Gasteiger partial charge in [0, 0.05) is 12.6 Å². The van der Waals surface area contributed by atoms with E-state index in [1.807, 2.05) is 30.3 Å². The highest BCUT2D eigenvalue weighted by Gasteiger charge is 2.26. The Labute approximate surface area is 115 Å². The lowest BCUT2D eigenvalue weighted by atomic mass is 9.87. The van der Waals surface area contributed by atoms with Gasteiger partial charge in [-0.05, 0) is 30.9 Å². The van der Waals surface area contributed by atoms with E-state index in [9.17, 15) is 4.79 Å². The van der Waals surface area contributed by atoms with E-state index in [0.717, 1.165) is 31.5 Å². The van der Waals surface area contributed by atoms with Crippen LogP contribution in [0.4, 0.5) is 0 Å². The Morgan fingerprint density at radius 2 is 2.05 bits per heavy atom. The maximum Gasteiger partial charge on any atom is 0.228 e. The van der Waals surface area contributed by atoms with Crippen LogP contribution in [0.5, 0.6) is 0 Å². The van der Waals surface area contributed by atoms with Crippen molar-refractivity contribution in [3.05, 3.63) is 35.9 Å². The van der Waals surface area contributed by atoms with E-state index in [1.54, 1.807) is 0 Å². The first-order valence-electron chi connectivity index (χ1n) is 7.24. The molecule has 104 valence electrons. The van der Waals surface area contributed by atoms with Crippen LogP contribution < -0.4 is 10.6 Å². The monoisotopic (exact) mass is 260 g/mol. The van der Waals surface area contributed by atoms with Gasteiger partial charge in [-0.15, -0.1) is 0 Å². The molecular formula is C16H24N2O. The van der Waals surface area contributed by atoms with Gasteiger partial charge in [-0.3, -0.25) is 4.79 Å². The minimum Gasteiger partial charge on any atom is -0.352 e. The van der Waals surface area contributed by atoms with Gasteiger partial charge in [-0.2, -0.15) is 0 Å². The molecular weight excluding hydrogens is 236 g/mol. The van der Waals surface area contributed by atoms with E-state index in [-0.39, 0.29) is 17.9 Å². The summed E-state index contributed by atoms with van der Waals surface area (Å²) in [4.78, 5) is 12.5. The van der Waals surface area contributed by atoms with Crippen LogP contribution in [0.15, 0.2) is 30.3 Å². The average Bonchev–Trinajstić information content (AvgIpc) is 2.40. The quantitative estimate of drug-likeness (QED) is 0.872. The molecule has 0 aliphatic carbocycles. The number of amides is 1. The van der Waals surface area contributed by atoms with E-state index in [4.69, 9.17) is 0 Å². The van der Waals surface area contributed by atoms with Gasteiger partial charge in [0.05, 0.1) is 5.92 Å². The van der Waals surface area contributed by atoms with Crippen LogP contribution in [0, 0.1) is 5.92 Å². The summed E-state index contributed by atoms with van der Waals surface area (Å²) in [5.41, 5.74) is 1.11. The van der Waals surface area contributed by atoms with Crippen molar-refractivity contribution in [2.75, 3.05) is 13.1 Å². The zero-order chi connectivity index (χ0) is 13.7. The molecule has 19 heavy (non-hydrogen) atoms. The number of hydrogen-bond acceptors (Lipinski definition) is 2. The Morgan fingerprint density at radius 3 is 2.63 bits per heavy atom. The molecule has 2 atom stereocenters. The van der Waals surface area contributed by atoms with E-state index in [1.165, 1.54) is 0 Å². The Morgan fingerprint density at radius 1 is 1.32 bits per heavy atom. The summed E-state index contributed by atoms with van der Waals surface area (Å²) < 4.78 is 0. The number of benzene rings is 1. The van der Waals surface area contributed by atoms with Gasteiger partial charge >= 0.3 is 0 Å². The van der Waals surface area contributed by atoms with Crippen molar-refractivity contribution in [2.24, 2.45) is 5.92 Å². The lowest BCUT2D eigenvalue weighted by Crippen LogP contribution is -2.47. The lowest BCUT2D eigenvalue weighted by Gasteiger charge is -2.27. The highest BCUT2D eigenvalue weighted by atomic mass is 16.2. The normalized spacial score (nSPS) is 21.1. The first-order chi connectivity index (χ1) is 9.18. The van der Waals surface area contributed by atoms with Crippen LogP contribution in [-0.2, 0) is 4.79 Å². The van der Waals surface area contributed by atoms with Gasteiger partial charge in [-0.25, -0.2) is 0 Å². The highest BCUT2D eigenvalue weighted by Crippen LogP contribution is 2.24. The van der Waals surface area contributed by atoms with E-state index in [2.05, 4.69) is 24.5 Å². The number of piperidine rings is 1. The maximum absolute atomic E-state index is 12.5. The molecule has 2 unspecified atom stereocenters. The minimum atomic E-state index is -0.0527. The number of carbonyl (C=O) groups excluding carboxylic acids is 1. The molecule has 2 N–H and O–H groups in total. The van der Waals surface area contributed by atoms with Gasteiger partial charge in [0.25, 0.3) is 0 Å². The Bertz CT molecular complexity index is 396. The Hall–Kier alpha value is -1.35. The van der Waals surface area contributed by atoms with Gasteiger partial charge < -0.3 is 10.6 Å². The molecule has 0 spiro atoms. The fourth-order valence-electron chi connectivity index (χ4n) is 2.77. The summed E-state index contributed by atoms with van der Waals surface area (Å²) >= 11 is 0. The maximum atomic E-state index is 12.5. The number of hydrogen-bond donors (Lipinski definition) is 2. The van der Waals surface area contributed by atoms with Gasteiger partial charge in [-0.1, -0.05) is 44.2 Å². The topological polar surface area (TPSA) is 41.1 Å². The predicted octanol–water partition coefficient (Wildman–Crippen LogP) is 2.29. The zero-order valence-electron chi connectivity index (χ0n) is 11.9. The van der Waals surface area contributed by atoms with Crippen LogP contribution in [0.25, 0.3) is 0 Å². The van der Waals surface area contributed by atoms with E-state index in [0.29, 0.717) is 5.92 Å². The highest BCUT2D eigenvalue weighted by molar-refractivity contribution is 5.84. The third-order valence-corrected chi connectivity index (χ3v) is 3.75. The molecule has 3 heteroatoms. The van der Waals surface area contributed by atoms with Crippen LogP contribution in [0.3, 0.4) is 0 Å². The van der Waals surface area contributed by atoms with Gasteiger partial charge in [0.1, 0.15) is 0 Å². The summed E-state index contributed by atoms with van der Waals surface area (Å²) in [6.45, 7) is 6.18. The zero-order valence-corrected chi connectivity index (χ0v) is 11.9. The molecule has 1 heterocycles. The van der Waals surface area contributed by atoms with Crippen molar-refractivity contribution in [1.82, 2.24) is 10.6 Å². The second-order valence-electron chi connectivity index (χ2n) is 5.68. The van der Waals surface area contributed by atoms with E-state index >= 15 is 0 Å². The second kappa shape index (κ2) is 6.71. The first-order valence-corrected chi connectivity index (χ1v) is 7.24. The first kappa shape index (κ1) is 14.1. The number of nitrogens with one attached hydrogen (secondary N) is 2. The van der Waals surface area contributed by atoms with Crippen molar-refractivity contribution in [2.45, 2.75) is 38.6 Å². The summed E-state index contributed by atoms with van der Waals surface area (Å²) in [6, 6.07) is 10.4. The van der Waals surface area contributed by atoms with Crippen molar-refractivity contribution < 1.29 is 4.79 Å². The summed E-state index contributed by atoms with van der Waals surface area (Å²) in [5, 5.41) is 6.53.